The van der Waals surface area contributed by atoms with Gasteiger partial charge in [-0.3, -0.25) is 4.90 Å². The monoisotopic (exact) mass is 369 g/mol. The molecule has 1 aliphatic rings. The quantitative estimate of drug-likeness (QED) is 0.830. The van der Waals surface area contributed by atoms with Crippen molar-refractivity contribution in [3.8, 4) is 11.1 Å². The Hall–Kier alpha value is -1.86. The van der Waals surface area contributed by atoms with Crippen molar-refractivity contribution in [2.24, 2.45) is 0 Å². The molecule has 134 valence electrons. The average molecular weight is 369 g/mol. The Morgan fingerprint density at radius 2 is 1.32 bits per heavy atom. The number of benzene rings is 2. The van der Waals surface area contributed by atoms with Crippen molar-refractivity contribution >= 4 is 9.84 Å². The van der Waals surface area contributed by atoms with Crippen molar-refractivity contribution in [1.82, 2.24) is 4.90 Å². The van der Waals surface area contributed by atoms with Crippen LogP contribution in [0.5, 0.6) is 0 Å². The Morgan fingerprint density at radius 1 is 0.840 bits per heavy atom. The van der Waals surface area contributed by atoms with Crippen LogP contribution in [0, 0.1) is 0 Å². The smallest absolute Gasteiger partial charge is 0.297 e. The van der Waals surface area contributed by atoms with Crippen molar-refractivity contribution in [1.29, 1.82) is 0 Å². The van der Waals surface area contributed by atoms with Gasteiger partial charge in [0.25, 0.3) is 0 Å². The molecular weight excluding hydrogens is 351 g/mol. The number of sulfone groups is 1. The van der Waals surface area contributed by atoms with Crippen molar-refractivity contribution < 1.29 is 21.6 Å². The molecule has 0 radical (unpaired) electrons. The highest BCUT2D eigenvalue weighted by Crippen LogP contribution is 2.31. The first-order chi connectivity index (χ1) is 11.7. The fourth-order valence-electron chi connectivity index (χ4n) is 2.82. The molecule has 2 aromatic rings. The van der Waals surface area contributed by atoms with Gasteiger partial charge in [-0.2, -0.15) is 13.2 Å². The number of halogens is 3. The molecular formula is C18H18F3NO2S. The Kier molecular flexibility index (Phi) is 4.88. The predicted octanol–water partition coefficient (Wildman–Crippen LogP) is 3.60. The van der Waals surface area contributed by atoms with Crippen molar-refractivity contribution in [3.05, 3.63) is 59.7 Å². The summed E-state index contributed by atoms with van der Waals surface area (Å²) in [7, 11) is -2.89. The van der Waals surface area contributed by atoms with E-state index in [1.807, 2.05) is 24.3 Å². The van der Waals surface area contributed by atoms with Crippen LogP contribution < -0.4 is 0 Å². The van der Waals surface area contributed by atoms with E-state index in [-0.39, 0.29) is 11.5 Å². The predicted molar refractivity (Wildman–Crippen MR) is 90.8 cm³/mol. The summed E-state index contributed by atoms with van der Waals surface area (Å²) in [5.41, 5.74) is 1.96. The first kappa shape index (κ1) is 17.9. The molecule has 0 unspecified atom stereocenters. The number of rotatable bonds is 3. The Bertz CT molecular complexity index is 814. The number of nitrogens with zero attached hydrogens (tertiary/aromatic N) is 1. The van der Waals surface area contributed by atoms with Crippen LogP contribution in [-0.4, -0.2) is 37.9 Å². The van der Waals surface area contributed by atoms with Gasteiger partial charge < -0.3 is 0 Å². The van der Waals surface area contributed by atoms with Gasteiger partial charge in [0.15, 0.2) is 9.84 Å². The average Bonchev–Trinajstić information content (AvgIpc) is 2.57. The standard InChI is InChI=1S/C18H18F3NO2S/c19-18(20,21)17-7-5-16(6-8-17)15-3-1-14(2-4-15)13-22-9-11-25(23,24)12-10-22/h1-8H,9-13H2. The van der Waals surface area contributed by atoms with E-state index in [1.54, 1.807) is 0 Å². The highest BCUT2D eigenvalue weighted by Gasteiger charge is 2.30. The molecule has 0 N–H and O–H groups in total. The molecule has 2 aromatic carbocycles. The summed E-state index contributed by atoms with van der Waals surface area (Å²) in [4.78, 5) is 2.09. The van der Waals surface area contributed by atoms with E-state index in [9.17, 15) is 21.6 Å². The van der Waals surface area contributed by atoms with Gasteiger partial charge in [0.05, 0.1) is 17.1 Å². The SMILES string of the molecule is O=S1(=O)CCN(Cc2ccc(-c3ccc(C(F)(F)F)cc3)cc2)CC1. The van der Waals surface area contributed by atoms with Gasteiger partial charge in [-0.05, 0) is 28.8 Å². The lowest BCUT2D eigenvalue weighted by atomic mass is 10.0. The Labute approximate surface area is 145 Å². The highest BCUT2D eigenvalue weighted by atomic mass is 32.2. The molecule has 0 saturated carbocycles. The maximum Gasteiger partial charge on any atom is 0.416 e. The molecule has 0 aliphatic carbocycles. The number of alkyl halides is 3. The fourth-order valence-corrected chi connectivity index (χ4v) is 4.10. The van der Waals surface area contributed by atoms with Crippen LogP contribution in [0.3, 0.4) is 0 Å². The molecule has 7 heteroatoms. The second-order valence-corrected chi connectivity index (χ2v) is 8.50. The minimum Gasteiger partial charge on any atom is -0.297 e. The van der Waals surface area contributed by atoms with E-state index in [0.29, 0.717) is 19.6 Å². The zero-order valence-corrected chi connectivity index (χ0v) is 14.3. The van der Waals surface area contributed by atoms with Crippen LogP contribution in [0.4, 0.5) is 13.2 Å². The largest absolute Gasteiger partial charge is 0.416 e. The zero-order valence-electron chi connectivity index (χ0n) is 13.5. The van der Waals surface area contributed by atoms with Crippen molar-refractivity contribution in [2.75, 3.05) is 24.6 Å². The summed E-state index contributed by atoms with van der Waals surface area (Å²) in [6, 6.07) is 12.7. The normalized spacial score (nSPS) is 18.2. The van der Waals surface area contributed by atoms with E-state index in [0.717, 1.165) is 28.8 Å². The summed E-state index contributed by atoms with van der Waals surface area (Å²) < 4.78 is 60.7. The van der Waals surface area contributed by atoms with E-state index < -0.39 is 21.6 Å². The number of hydrogen-bond acceptors (Lipinski definition) is 3. The first-order valence-corrected chi connectivity index (χ1v) is 9.74. The minimum atomic E-state index is -4.33. The highest BCUT2D eigenvalue weighted by molar-refractivity contribution is 7.91. The molecule has 1 fully saturated rings. The molecule has 1 saturated heterocycles. The molecule has 0 amide bonds. The van der Waals surface area contributed by atoms with Crippen LogP contribution in [0.15, 0.2) is 48.5 Å². The van der Waals surface area contributed by atoms with Gasteiger partial charge in [0, 0.05) is 19.6 Å². The van der Waals surface area contributed by atoms with Crippen LogP contribution in [0.25, 0.3) is 11.1 Å². The van der Waals surface area contributed by atoms with E-state index in [2.05, 4.69) is 4.90 Å². The van der Waals surface area contributed by atoms with E-state index in [4.69, 9.17) is 0 Å². The minimum absolute atomic E-state index is 0.191. The summed E-state index contributed by atoms with van der Waals surface area (Å²) in [6.45, 7) is 1.73. The third kappa shape index (κ3) is 4.61. The van der Waals surface area contributed by atoms with Crippen LogP contribution in [0.2, 0.25) is 0 Å². The summed E-state index contributed by atoms with van der Waals surface area (Å²) in [5.74, 6) is 0.382. The lowest BCUT2D eigenvalue weighted by molar-refractivity contribution is -0.137. The zero-order chi connectivity index (χ0) is 18.1. The summed E-state index contributed by atoms with van der Waals surface area (Å²) in [6.07, 6.45) is -4.33. The third-order valence-electron chi connectivity index (χ3n) is 4.34. The van der Waals surface area contributed by atoms with Gasteiger partial charge >= 0.3 is 6.18 Å². The van der Waals surface area contributed by atoms with Crippen LogP contribution in [-0.2, 0) is 22.6 Å². The topological polar surface area (TPSA) is 37.4 Å². The molecule has 0 spiro atoms. The van der Waals surface area contributed by atoms with E-state index in [1.165, 1.54) is 12.1 Å². The van der Waals surface area contributed by atoms with Gasteiger partial charge in [-0.15, -0.1) is 0 Å². The fraction of sp³-hybridized carbons (Fsp3) is 0.333. The van der Waals surface area contributed by atoms with Gasteiger partial charge in [-0.25, -0.2) is 8.42 Å². The van der Waals surface area contributed by atoms with E-state index >= 15 is 0 Å². The van der Waals surface area contributed by atoms with Crippen LogP contribution >= 0.6 is 0 Å². The van der Waals surface area contributed by atoms with Gasteiger partial charge in [0.1, 0.15) is 0 Å². The van der Waals surface area contributed by atoms with Gasteiger partial charge in [0.2, 0.25) is 0 Å². The van der Waals surface area contributed by atoms with Crippen LogP contribution in [0.1, 0.15) is 11.1 Å². The maximum absolute atomic E-state index is 12.6. The third-order valence-corrected chi connectivity index (χ3v) is 5.95. The second kappa shape index (κ2) is 6.80. The Balaban J connectivity index is 1.66. The van der Waals surface area contributed by atoms with Crippen molar-refractivity contribution in [3.63, 3.8) is 0 Å². The lowest BCUT2D eigenvalue weighted by Gasteiger charge is -2.26. The van der Waals surface area contributed by atoms with Gasteiger partial charge in [-0.1, -0.05) is 36.4 Å². The second-order valence-electron chi connectivity index (χ2n) is 6.20. The summed E-state index contributed by atoms with van der Waals surface area (Å²) in [5, 5.41) is 0. The molecule has 1 heterocycles. The summed E-state index contributed by atoms with van der Waals surface area (Å²) >= 11 is 0. The van der Waals surface area contributed by atoms with Crippen molar-refractivity contribution in [2.45, 2.75) is 12.7 Å². The Morgan fingerprint density at radius 3 is 1.80 bits per heavy atom. The molecule has 3 nitrogen and oxygen atoms in total. The maximum atomic E-state index is 12.6. The molecule has 0 aromatic heterocycles. The first-order valence-electron chi connectivity index (χ1n) is 7.92. The lowest BCUT2D eigenvalue weighted by Crippen LogP contribution is -2.39. The molecule has 1 aliphatic heterocycles. The molecule has 0 atom stereocenters. The molecule has 3 rings (SSSR count). The molecule has 0 bridgehead atoms. The molecule has 25 heavy (non-hydrogen) atoms. The number of hydrogen-bond donors (Lipinski definition) is 0.